The van der Waals surface area contributed by atoms with Gasteiger partial charge in [0, 0.05) is 42.2 Å². The maximum absolute atomic E-state index is 12.6. The van der Waals surface area contributed by atoms with Gasteiger partial charge in [0.1, 0.15) is 5.75 Å². The van der Waals surface area contributed by atoms with E-state index in [4.69, 9.17) is 4.74 Å². The minimum absolute atomic E-state index is 0. The van der Waals surface area contributed by atoms with Gasteiger partial charge in [-0.05, 0) is 66.8 Å². The van der Waals surface area contributed by atoms with Crippen LogP contribution < -0.4 is 9.64 Å². The molecule has 32 heavy (non-hydrogen) atoms. The maximum atomic E-state index is 12.6. The Balaban J connectivity index is 0.00000289. The number of urea groups is 1. The van der Waals surface area contributed by atoms with Crippen LogP contribution in [0, 0.1) is 0 Å². The third-order valence-corrected chi connectivity index (χ3v) is 5.97. The molecule has 0 unspecified atom stereocenters. The summed E-state index contributed by atoms with van der Waals surface area (Å²) in [5, 5.41) is 0. The Morgan fingerprint density at radius 3 is 2.19 bits per heavy atom. The van der Waals surface area contributed by atoms with Gasteiger partial charge in [-0.25, -0.2) is 4.79 Å². The van der Waals surface area contributed by atoms with E-state index >= 15 is 0 Å². The van der Waals surface area contributed by atoms with Gasteiger partial charge in [0.2, 0.25) is 0 Å². The van der Waals surface area contributed by atoms with E-state index in [1.165, 1.54) is 11.1 Å². The number of unbranched alkanes of at least 4 members (excludes halogenated alkanes) is 2. The highest BCUT2D eigenvalue weighted by Gasteiger charge is 2.28. The van der Waals surface area contributed by atoms with Crippen LogP contribution in [0.15, 0.2) is 77.5 Å². The second-order valence-electron chi connectivity index (χ2n) is 7.57. The average molecular weight is 517 g/mol. The Morgan fingerprint density at radius 2 is 1.50 bits per heavy atom. The number of hydrogen-bond acceptors (Lipinski definition) is 3. The third kappa shape index (κ3) is 6.24. The van der Waals surface area contributed by atoms with E-state index in [2.05, 4.69) is 45.2 Å². The van der Waals surface area contributed by atoms with Crippen molar-refractivity contribution >= 4 is 40.1 Å². The van der Waals surface area contributed by atoms with E-state index in [0.717, 1.165) is 54.8 Å². The lowest BCUT2D eigenvalue weighted by Gasteiger charge is -2.18. The van der Waals surface area contributed by atoms with Crippen molar-refractivity contribution in [2.24, 2.45) is 0 Å². The molecule has 3 aromatic rings. The molecule has 168 valence electrons. The smallest absolute Gasteiger partial charge is 0.324 e. The van der Waals surface area contributed by atoms with Gasteiger partial charge in [-0.15, -0.1) is 12.4 Å². The number of amides is 2. The second-order valence-corrected chi connectivity index (χ2v) is 8.48. The Hall–Kier alpha value is -2.57. The molecule has 0 spiro atoms. The van der Waals surface area contributed by atoms with Gasteiger partial charge in [0.25, 0.3) is 0 Å². The zero-order valence-corrected chi connectivity index (χ0v) is 20.2. The molecular weight excluding hydrogens is 490 g/mol. The minimum atomic E-state index is 0. The summed E-state index contributed by atoms with van der Waals surface area (Å²) in [6.45, 7) is 3.00. The van der Waals surface area contributed by atoms with Crippen LogP contribution in [0.5, 0.6) is 5.75 Å². The summed E-state index contributed by atoms with van der Waals surface area (Å²) in [4.78, 5) is 20.3. The number of hydrogen-bond donors (Lipinski definition) is 0. The minimum Gasteiger partial charge on any atom is -0.494 e. The molecule has 1 saturated heterocycles. The molecule has 2 aromatic carbocycles. The fraction of sp³-hybridized carbons (Fsp3) is 0.280. The molecule has 1 aliphatic rings. The summed E-state index contributed by atoms with van der Waals surface area (Å²) in [6.07, 6.45) is 6.45. The number of aromatic nitrogens is 1. The highest BCUT2D eigenvalue weighted by atomic mass is 79.9. The molecule has 0 saturated carbocycles. The van der Waals surface area contributed by atoms with E-state index in [0.29, 0.717) is 6.61 Å². The van der Waals surface area contributed by atoms with E-state index in [9.17, 15) is 4.79 Å². The number of nitrogens with zero attached hydrogens (tertiary/aromatic N) is 3. The van der Waals surface area contributed by atoms with Crippen molar-refractivity contribution in [2.45, 2.75) is 19.3 Å². The van der Waals surface area contributed by atoms with Gasteiger partial charge < -0.3 is 9.64 Å². The van der Waals surface area contributed by atoms with Crippen molar-refractivity contribution in [3.8, 4) is 16.9 Å². The Bertz CT molecular complexity index is 984. The molecule has 7 heteroatoms. The highest BCUT2D eigenvalue weighted by Crippen LogP contribution is 2.24. The number of rotatable bonds is 9. The molecule has 2 heterocycles. The van der Waals surface area contributed by atoms with Crippen molar-refractivity contribution in [1.29, 1.82) is 0 Å². The van der Waals surface area contributed by atoms with E-state index in [1.807, 2.05) is 46.2 Å². The molecule has 0 N–H and O–H groups in total. The molecule has 0 atom stereocenters. The first-order valence-electron chi connectivity index (χ1n) is 10.7. The van der Waals surface area contributed by atoms with Crippen molar-refractivity contribution in [3.63, 3.8) is 0 Å². The first kappa shape index (κ1) is 24.1. The molecular formula is C25H27BrClN3O2. The van der Waals surface area contributed by atoms with Gasteiger partial charge in [0.15, 0.2) is 0 Å². The van der Waals surface area contributed by atoms with Gasteiger partial charge in [-0.1, -0.05) is 40.2 Å². The molecule has 1 aromatic heterocycles. The summed E-state index contributed by atoms with van der Waals surface area (Å²) >= 11 is 3.47. The van der Waals surface area contributed by atoms with Crippen LogP contribution in [0.4, 0.5) is 10.5 Å². The lowest BCUT2D eigenvalue weighted by molar-refractivity contribution is 0.219. The lowest BCUT2D eigenvalue weighted by Crippen LogP contribution is -2.32. The molecule has 0 bridgehead atoms. The Morgan fingerprint density at radius 1 is 0.844 bits per heavy atom. The number of pyridine rings is 1. The van der Waals surface area contributed by atoms with Crippen molar-refractivity contribution in [1.82, 2.24) is 9.88 Å². The van der Waals surface area contributed by atoms with Crippen LogP contribution >= 0.6 is 28.3 Å². The largest absolute Gasteiger partial charge is 0.494 e. The summed E-state index contributed by atoms with van der Waals surface area (Å²) in [7, 11) is 0. The molecule has 5 nitrogen and oxygen atoms in total. The topological polar surface area (TPSA) is 45.7 Å². The summed E-state index contributed by atoms with van der Waals surface area (Å²) in [5.74, 6) is 0.892. The Labute approximate surface area is 203 Å². The standard InChI is InChI=1S/C25H26BrN3O2.ClH/c26-22-8-4-20(5-9-22)21-6-10-24(11-7-21)31-19-3-1-2-16-28-17-18-29(25(28)30)23-12-14-27-15-13-23;/h4-15H,1-3,16-19H2;1H. The van der Waals surface area contributed by atoms with E-state index in [1.54, 1.807) is 12.4 Å². The van der Waals surface area contributed by atoms with E-state index in [-0.39, 0.29) is 18.4 Å². The van der Waals surface area contributed by atoms with Gasteiger partial charge in [0.05, 0.1) is 6.61 Å². The number of ether oxygens (including phenoxy) is 1. The zero-order valence-electron chi connectivity index (χ0n) is 17.8. The lowest BCUT2D eigenvalue weighted by atomic mass is 10.1. The summed E-state index contributed by atoms with van der Waals surface area (Å²) in [6, 6.07) is 20.4. The summed E-state index contributed by atoms with van der Waals surface area (Å²) < 4.78 is 6.96. The SMILES string of the molecule is Cl.O=C1N(CCCCCOc2ccc(-c3ccc(Br)cc3)cc2)CCN1c1ccncc1. The number of anilines is 1. The first-order valence-corrected chi connectivity index (χ1v) is 11.5. The van der Waals surface area contributed by atoms with Crippen LogP contribution in [-0.4, -0.2) is 42.2 Å². The van der Waals surface area contributed by atoms with Crippen molar-refractivity contribution < 1.29 is 9.53 Å². The average Bonchev–Trinajstić information content (AvgIpc) is 3.18. The van der Waals surface area contributed by atoms with E-state index < -0.39 is 0 Å². The maximum Gasteiger partial charge on any atom is 0.324 e. The fourth-order valence-corrected chi connectivity index (χ4v) is 3.98. The normalized spacial score (nSPS) is 13.2. The zero-order chi connectivity index (χ0) is 21.5. The summed E-state index contributed by atoms with van der Waals surface area (Å²) in [5.41, 5.74) is 3.28. The second kappa shape index (κ2) is 11.9. The van der Waals surface area contributed by atoms with Crippen LogP contribution in [-0.2, 0) is 0 Å². The van der Waals surface area contributed by atoms with Crippen molar-refractivity contribution in [2.75, 3.05) is 31.1 Å². The van der Waals surface area contributed by atoms with Gasteiger partial charge >= 0.3 is 6.03 Å². The number of carbonyl (C=O) groups is 1. The van der Waals surface area contributed by atoms with Crippen LogP contribution in [0.1, 0.15) is 19.3 Å². The molecule has 0 aliphatic carbocycles. The predicted molar refractivity (Wildman–Crippen MR) is 135 cm³/mol. The first-order chi connectivity index (χ1) is 15.2. The molecule has 1 aliphatic heterocycles. The number of halogens is 2. The monoisotopic (exact) mass is 515 g/mol. The van der Waals surface area contributed by atoms with Gasteiger partial charge in [-0.3, -0.25) is 9.88 Å². The Kier molecular flexibility index (Phi) is 8.94. The van der Waals surface area contributed by atoms with Gasteiger partial charge in [-0.2, -0.15) is 0 Å². The number of carbonyl (C=O) groups excluding carboxylic acids is 1. The van der Waals surface area contributed by atoms with Crippen molar-refractivity contribution in [3.05, 3.63) is 77.5 Å². The molecule has 0 radical (unpaired) electrons. The van der Waals surface area contributed by atoms with Crippen LogP contribution in [0.2, 0.25) is 0 Å². The third-order valence-electron chi connectivity index (χ3n) is 5.44. The molecule has 4 rings (SSSR count). The fourth-order valence-electron chi connectivity index (χ4n) is 3.71. The number of benzene rings is 2. The van der Waals surface area contributed by atoms with Crippen LogP contribution in [0.3, 0.4) is 0 Å². The highest BCUT2D eigenvalue weighted by molar-refractivity contribution is 9.10. The predicted octanol–water partition coefficient (Wildman–Crippen LogP) is 6.42. The molecule has 1 fully saturated rings. The quantitative estimate of drug-likeness (QED) is 0.308. The molecule has 2 amide bonds. The van der Waals surface area contributed by atoms with Crippen LogP contribution in [0.25, 0.3) is 11.1 Å².